The van der Waals surface area contributed by atoms with Crippen LogP contribution in [0.4, 0.5) is 5.69 Å². The molecule has 0 aromatic heterocycles. The number of rotatable bonds is 5. The predicted octanol–water partition coefficient (Wildman–Crippen LogP) is 2.85. The lowest BCUT2D eigenvalue weighted by atomic mass is 10.2. The van der Waals surface area contributed by atoms with Crippen molar-refractivity contribution in [3.05, 3.63) is 58.1 Å². The van der Waals surface area contributed by atoms with Gasteiger partial charge >= 0.3 is 0 Å². The molecule has 0 aliphatic rings. The Morgan fingerprint density at radius 3 is 2.50 bits per heavy atom. The maximum absolute atomic E-state index is 12.0. The molecule has 2 rings (SSSR count). The second kappa shape index (κ2) is 7.47. The van der Waals surface area contributed by atoms with Gasteiger partial charge in [-0.1, -0.05) is 33.6 Å². The van der Waals surface area contributed by atoms with E-state index in [4.69, 9.17) is 0 Å². The molecule has 0 atom stereocenters. The van der Waals surface area contributed by atoms with Crippen molar-refractivity contribution in [2.24, 2.45) is 0 Å². The van der Waals surface area contributed by atoms with Gasteiger partial charge in [-0.2, -0.15) is 0 Å². The van der Waals surface area contributed by atoms with Crippen LogP contribution in [0.2, 0.25) is 0 Å². The van der Waals surface area contributed by atoms with Crippen molar-refractivity contribution in [2.75, 3.05) is 11.1 Å². The van der Waals surface area contributed by atoms with E-state index in [0.29, 0.717) is 4.47 Å². The van der Waals surface area contributed by atoms with Crippen molar-refractivity contribution in [2.45, 2.75) is 11.8 Å². The Labute approximate surface area is 141 Å². The fourth-order valence-electron chi connectivity index (χ4n) is 1.76. The van der Waals surface area contributed by atoms with E-state index < -0.39 is 5.97 Å². The van der Waals surface area contributed by atoms with Crippen LogP contribution >= 0.6 is 27.7 Å². The van der Waals surface area contributed by atoms with Gasteiger partial charge < -0.3 is 15.2 Å². The number of benzene rings is 2. The first-order valence-corrected chi connectivity index (χ1v) is 8.24. The van der Waals surface area contributed by atoms with Crippen LogP contribution in [0.3, 0.4) is 0 Å². The zero-order valence-corrected chi connectivity index (χ0v) is 14.2. The number of halogens is 1. The molecule has 0 spiro atoms. The van der Waals surface area contributed by atoms with Crippen molar-refractivity contribution in [3.8, 4) is 0 Å². The van der Waals surface area contributed by atoms with Crippen LogP contribution in [0.5, 0.6) is 0 Å². The summed E-state index contributed by atoms with van der Waals surface area (Å²) >= 11 is 4.58. The molecular weight excluding hydrogens is 366 g/mol. The second-order valence-corrected chi connectivity index (χ2v) is 6.59. The summed E-state index contributed by atoms with van der Waals surface area (Å²) in [4.78, 5) is 24.0. The summed E-state index contributed by atoms with van der Waals surface area (Å²) in [6.45, 7) is 2.00. The Morgan fingerprint density at radius 2 is 1.86 bits per heavy atom. The third kappa shape index (κ3) is 4.61. The van der Waals surface area contributed by atoms with Gasteiger partial charge in [0.2, 0.25) is 5.91 Å². The lowest BCUT2D eigenvalue weighted by Gasteiger charge is -2.12. The Bertz CT molecular complexity index is 701. The van der Waals surface area contributed by atoms with Crippen molar-refractivity contribution in [1.82, 2.24) is 0 Å². The van der Waals surface area contributed by atoms with Crippen molar-refractivity contribution >= 4 is 45.3 Å². The lowest BCUT2D eigenvalue weighted by Crippen LogP contribution is -2.25. The van der Waals surface area contributed by atoms with Crippen molar-refractivity contribution < 1.29 is 14.7 Å². The molecule has 0 fully saturated rings. The third-order valence-corrected chi connectivity index (χ3v) is 4.37. The highest BCUT2D eigenvalue weighted by Crippen LogP contribution is 2.22. The molecule has 0 saturated heterocycles. The van der Waals surface area contributed by atoms with E-state index >= 15 is 0 Å². The van der Waals surface area contributed by atoms with E-state index in [1.165, 1.54) is 23.9 Å². The normalized spacial score (nSPS) is 10.3. The lowest BCUT2D eigenvalue weighted by molar-refractivity contribution is -0.254. The fraction of sp³-hybridized carbons (Fsp3) is 0.125. The van der Waals surface area contributed by atoms with E-state index in [2.05, 4.69) is 21.2 Å². The summed E-state index contributed by atoms with van der Waals surface area (Å²) in [5.41, 5.74) is 1.34. The minimum atomic E-state index is -1.33. The highest BCUT2D eigenvalue weighted by atomic mass is 79.9. The third-order valence-electron chi connectivity index (χ3n) is 2.87. The number of carbonyl (C=O) groups excluding carboxylic acids is 2. The van der Waals surface area contributed by atoms with Gasteiger partial charge in [-0.15, -0.1) is 11.8 Å². The Hall–Kier alpha value is -1.79. The number of aryl methyl sites for hydroxylation is 1. The molecule has 0 aliphatic heterocycles. The van der Waals surface area contributed by atoms with Crippen molar-refractivity contribution in [1.29, 1.82) is 0 Å². The highest BCUT2D eigenvalue weighted by Gasteiger charge is 2.09. The van der Waals surface area contributed by atoms with Gasteiger partial charge in [0.1, 0.15) is 0 Å². The molecule has 1 N–H and O–H groups in total. The molecule has 0 bridgehead atoms. The van der Waals surface area contributed by atoms with E-state index in [1.54, 1.807) is 6.07 Å². The van der Waals surface area contributed by atoms with Crippen LogP contribution in [-0.2, 0) is 4.79 Å². The summed E-state index contributed by atoms with van der Waals surface area (Å²) in [6, 6.07) is 12.4. The fourth-order valence-corrected chi connectivity index (χ4v) is 2.82. The van der Waals surface area contributed by atoms with Gasteiger partial charge in [-0.05, 0) is 37.3 Å². The molecule has 0 saturated carbocycles. The SMILES string of the molecule is Cc1ccc(SCC(=O)Nc2ccc(Br)cc2C(=O)[O-])cc1. The molecule has 0 unspecified atom stereocenters. The topological polar surface area (TPSA) is 69.2 Å². The smallest absolute Gasteiger partial charge is 0.234 e. The van der Waals surface area contributed by atoms with Gasteiger partial charge in [0.25, 0.3) is 0 Å². The standard InChI is InChI=1S/C16H14BrNO3S/c1-10-2-5-12(6-3-10)22-9-15(19)18-14-7-4-11(17)8-13(14)16(20)21/h2-8H,9H2,1H3,(H,18,19)(H,20,21)/p-1. The first-order valence-electron chi connectivity index (χ1n) is 6.46. The number of carboxylic acid groups (broad SMARTS) is 1. The molecule has 2 aromatic rings. The van der Waals surface area contributed by atoms with Crippen LogP contribution in [-0.4, -0.2) is 17.6 Å². The van der Waals surface area contributed by atoms with Crippen LogP contribution in [0, 0.1) is 6.92 Å². The van der Waals surface area contributed by atoms with Gasteiger partial charge in [-0.25, -0.2) is 0 Å². The maximum atomic E-state index is 12.0. The Morgan fingerprint density at radius 1 is 1.18 bits per heavy atom. The average molecular weight is 379 g/mol. The van der Waals surface area contributed by atoms with Crippen LogP contribution in [0.15, 0.2) is 51.8 Å². The molecule has 1 amide bonds. The van der Waals surface area contributed by atoms with Crippen LogP contribution in [0.1, 0.15) is 15.9 Å². The predicted molar refractivity (Wildman–Crippen MR) is 89.0 cm³/mol. The number of thioether (sulfide) groups is 1. The summed E-state index contributed by atoms with van der Waals surface area (Å²) in [5, 5.41) is 13.7. The van der Waals surface area contributed by atoms with E-state index in [-0.39, 0.29) is 22.9 Å². The molecule has 6 heteroatoms. The van der Waals surface area contributed by atoms with E-state index in [1.807, 2.05) is 31.2 Å². The number of hydrogen-bond acceptors (Lipinski definition) is 4. The number of carboxylic acids is 1. The minimum Gasteiger partial charge on any atom is -0.545 e. The molecule has 4 nitrogen and oxygen atoms in total. The monoisotopic (exact) mass is 378 g/mol. The van der Waals surface area contributed by atoms with Gasteiger partial charge in [0.05, 0.1) is 11.7 Å². The second-order valence-electron chi connectivity index (χ2n) is 4.63. The number of anilines is 1. The summed E-state index contributed by atoms with van der Waals surface area (Å²) in [7, 11) is 0. The number of hydrogen-bond donors (Lipinski definition) is 1. The summed E-state index contributed by atoms with van der Waals surface area (Å²) < 4.78 is 0.610. The number of amides is 1. The first kappa shape index (κ1) is 16.6. The number of carbonyl (C=O) groups is 2. The van der Waals surface area contributed by atoms with Crippen LogP contribution in [0.25, 0.3) is 0 Å². The molecule has 0 aliphatic carbocycles. The van der Waals surface area contributed by atoms with Gasteiger partial charge in [0.15, 0.2) is 0 Å². The number of aromatic carboxylic acids is 1. The summed E-state index contributed by atoms with van der Waals surface area (Å²) in [6.07, 6.45) is 0. The molecule has 0 heterocycles. The van der Waals surface area contributed by atoms with Crippen LogP contribution < -0.4 is 10.4 Å². The zero-order valence-electron chi connectivity index (χ0n) is 11.8. The molecule has 2 aromatic carbocycles. The van der Waals surface area contributed by atoms with E-state index in [0.717, 1.165) is 10.5 Å². The molecule has 0 radical (unpaired) electrons. The van der Waals surface area contributed by atoms with Gasteiger partial charge in [-0.3, -0.25) is 4.79 Å². The average Bonchev–Trinajstić information content (AvgIpc) is 2.48. The molecule has 22 heavy (non-hydrogen) atoms. The number of nitrogens with one attached hydrogen (secondary N) is 1. The molecule has 114 valence electrons. The quantitative estimate of drug-likeness (QED) is 0.812. The minimum absolute atomic E-state index is 0.0527. The maximum Gasteiger partial charge on any atom is 0.234 e. The van der Waals surface area contributed by atoms with E-state index in [9.17, 15) is 14.7 Å². The Balaban J connectivity index is 2.00. The van der Waals surface area contributed by atoms with Gasteiger partial charge in [0, 0.05) is 20.6 Å². The Kier molecular flexibility index (Phi) is 5.63. The highest BCUT2D eigenvalue weighted by molar-refractivity contribution is 9.10. The summed E-state index contributed by atoms with van der Waals surface area (Å²) in [5.74, 6) is -1.40. The van der Waals surface area contributed by atoms with Crippen molar-refractivity contribution in [3.63, 3.8) is 0 Å². The first-order chi connectivity index (χ1) is 10.5. The zero-order chi connectivity index (χ0) is 16.1. The molecular formula is C16H13BrNO3S-. The largest absolute Gasteiger partial charge is 0.545 e.